The Morgan fingerprint density at radius 1 is 1.09 bits per heavy atom. The number of aromatic nitrogens is 1. The standard InChI is InChI=1S/C19H17BrNO/c1-13(2)11-21-12-18(14-6-4-3-5-7-14)17-10-15(20)8-9-16(17)19(21)22/h3-10,13H,11H2,1-2H3. The van der Waals surface area contributed by atoms with Crippen molar-refractivity contribution in [2.45, 2.75) is 20.4 Å². The molecule has 0 fully saturated rings. The Kier molecular flexibility index (Phi) is 4.16. The SMILES string of the molecule is CC(C)Cn1[c]c(-c2ccccc2)c2cc(Br)ccc2c1=O. The largest absolute Gasteiger partial charge is 0.305 e. The van der Waals surface area contributed by atoms with Crippen molar-refractivity contribution in [2.75, 3.05) is 0 Å². The molecule has 0 spiro atoms. The van der Waals surface area contributed by atoms with Gasteiger partial charge in [-0.25, -0.2) is 0 Å². The molecule has 3 rings (SSSR count). The van der Waals surface area contributed by atoms with Gasteiger partial charge in [0, 0.05) is 22.0 Å². The van der Waals surface area contributed by atoms with Gasteiger partial charge in [0.25, 0.3) is 5.56 Å². The van der Waals surface area contributed by atoms with Crippen LogP contribution in [0.4, 0.5) is 0 Å². The number of rotatable bonds is 3. The first-order valence-electron chi connectivity index (χ1n) is 7.37. The van der Waals surface area contributed by atoms with Crippen LogP contribution in [0.25, 0.3) is 21.9 Å². The monoisotopic (exact) mass is 354 g/mol. The van der Waals surface area contributed by atoms with E-state index in [9.17, 15) is 4.79 Å². The van der Waals surface area contributed by atoms with Crippen molar-refractivity contribution in [3.63, 3.8) is 0 Å². The topological polar surface area (TPSA) is 22.0 Å². The van der Waals surface area contributed by atoms with Gasteiger partial charge in [0.15, 0.2) is 0 Å². The van der Waals surface area contributed by atoms with E-state index >= 15 is 0 Å². The lowest BCUT2D eigenvalue weighted by molar-refractivity contribution is 0.511. The smallest absolute Gasteiger partial charge is 0.258 e. The van der Waals surface area contributed by atoms with Crippen molar-refractivity contribution in [3.05, 3.63) is 69.6 Å². The highest BCUT2D eigenvalue weighted by Crippen LogP contribution is 2.28. The first kappa shape index (κ1) is 15.0. The van der Waals surface area contributed by atoms with Gasteiger partial charge in [0.2, 0.25) is 0 Å². The van der Waals surface area contributed by atoms with Gasteiger partial charge in [-0.3, -0.25) is 4.79 Å². The van der Waals surface area contributed by atoms with Gasteiger partial charge in [-0.1, -0.05) is 60.1 Å². The van der Waals surface area contributed by atoms with Gasteiger partial charge in [-0.05, 0) is 35.1 Å². The molecule has 0 saturated carbocycles. The maximum absolute atomic E-state index is 12.7. The van der Waals surface area contributed by atoms with Crippen LogP contribution in [0.1, 0.15) is 13.8 Å². The third-order valence-electron chi connectivity index (χ3n) is 3.58. The lowest BCUT2D eigenvalue weighted by Crippen LogP contribution is -2.23. The second-order valence-electron chi connectivity index (χ2n) is 5.85. The summed E-state index contributed by atoms with van der Waals surface area (Å²) >= 11 is 3.50. The number of benzene rings is 2. The number of hydrogen-bond donors (Lipinski definition) is 0. The molecular formula is C19H17BrNO. The van der Waals surface area contributed by atoms with Gasteiger partial charge in [-0.2, -0.15) is 0 Å². The number of fused-ring (bicyclic) bond motifs is 1. The van der Waals surface area contributed by atoms with E-state index in [1.54, 1.807) is 4.57 Å². The quantitative estimate of drug-likeness (QED) is 0.656. The van der Waals surface area contributed by atoms with Crippen molar-refractivity contribution in [1.82, 2.24) is 4.57 Å². The fourth-order valence-electron chi connectivity index (χ4n) is 2.62. The molecule has 0 amide bonds. The first-order valence-corrected chi connectivity index (χ1v) is 8.16. The number of pyridine rings is 1. The van der Waals surface area contributed by atoms with Gasteiger partial charge in [0.05, 0.1) is 6.20 Å². The molecule has 0 atom stereocenters. The Morgan fingerprint density at radius 3 is 2.50 bits per heavy atom. The molecule has 0 saturated heterocycles. The Labute approximate surface area is 138 Å². The van der Waals surface area contributed by atoms with E-state index in [0.717, 1.165) is 26.4 Å². The Hall–Kier alpha value is -1.87. The van der Waals surface area contributed by atoms with Crippen molar-refractivity contribution in [1.29, 1.82) is 0 Å². The van der Waals surface area contributed by atoms with Crippen molar-refractivity contribution >= 4 is 26.7 Å². The maximum atomic E-state index is 12.7. The molecule has 3 aromatic rings. The lowest BCUT2D eigenvalue weighted by atomic mass is 10.0. The van der Waals surface area contributed by atoms with E-state index in [4.69, 9.17) is 0 Å². The minimum Gasteiger partial charge on any atom is -0.305 e. The second kappa shape index (κ2) is 6.09. The van der Waals surface area contributed by atoms with E-state index in [0.29, 0.717) is 12.5 Å². The molecule has 1 radical (unpaired) electrons. The highest BCUT2D eigenvalue weighted by Gasteiger charge is 2.12. The van der Waals surface area contributed by atoms with Crippen LogP contribution >= 0.6 is 15.9 Å². The fourth-order valence-corrected chi connectivity index (χ4v) is 2.98. The van der Waals surface area contributed by atoms with Crippen LogP contribution in [0, 0.1) is 12.1 Å². The zero-order valence-corrected chi connectivity index (χ0v) is 14.2. The molecule has 2 nitrogen and oxygen atoms in total. The molecule has 0 N–H and O–H groups in total. The van der Waals surface area contributed by atoms with E-state index in [2.05, 4.69) is 48.1 Å². The maximum Gasteiger partial charge on any atom is 0.258 e. The highest BCUT2D eigenvalue weighted by atomic mass is 79.9. The lowest BCUT2D eigenvalue weighted by Gasteiger charge is -2.13. The highest BCUT2D eigenvalue weighted by molar-refractivity contribution is 9.10. The fraction of sp³-hybridized carbons (Fsp3) is 0.211. The summed E-state index contributed by atoms with van der Waals surface area (Å²) in [6, 6.07) is 15.9. The summed E-state index contributed by atoms with van der Waals surface area (Å²) in [4.78, 5) is 12.7. The van der Waals surface area contributed by atoms with Crippen LogP contribution in [0.2, 0.25) is 0 Å². The summed E-state index contributed by atoms with van der Waals surface area (Å²) in [6.07, 6.45) is 3.31. The molecule has 0 aliphatic rings. The second-order valence-corrected chi connectivity index (χ2v) is 6.77. The summed E-state index contributed by atoms with van der Waals surface area (Å²) in [5.74, 6) is 0.394. The van der Waals surface area contributed by atoms with E-state index in [1.807, 2.05) is 36.4 Å². The predicted molar refractivity (Wildman–Crippen MR) is 95.0 cm³/mol. The van der Waals surface area contributed by atoms with Crippen LogP contribution in [-0.4, -0.2) is 4.57 Å². The molecule has 0 bridgehead atoms. The Bertz CT molecular complexity index is 866. The van der Waals surface area contributed by atoms with Crippen LogP contribution in [-0.2, 0) is 6.54 Å². The molecule has 0 unspecified atom stereocenters. The predicted octanol–water partition coefficient (Wildman–Crippen LogP) is 4.89. The minimum absolute atomic E-state index is 0.0240. The molecule has 2 aromatic carbocycles. The van der Waals surface area contributed by atoms with Crippen LogP contribution in [0.5, 0.6) is 0 Å². The molecular weight excluding hydrogens is 338 g/mol. The number of halogens is 1. The van der Waals surface area contributed by atoms with Crippen LogP contribution in [0.3, 0.4) is 0 Å². The molecule has 0 aliphatic heterocycles. The van der Waals surface area contributed by atoms with Crippen molar-refractivity contribution in [3.8, 4) is 11.1 Å². The van der Waals surface area contributed by atoms with Crippen LogP contribution in [0.15, 0.2) is 57.8 Å². The summed E-state index contributed by atoms with van der Waals surface area (Å²) in [5, 5.41) is 1.67. The normalized spacial score (nSPS) is 11.3. The molecule has 111 valence electrons. The minimum atomic E-state index is 0.0240. The zero-order valence-electron chi connectivity index (χ0n) is 12.6. The van der Waals surface area contributed by atoms with E-state index in [1.165, 1.54) is 0 Å². The zero-order chi connectivity index (χ0) is 15.7. The summed E-state index contributed by atoms with van der Waals surface area (Å²) in [6.45, 7) is 4.88. The van der Waals surface area contributed by atoms with Crippen molar-refractivity contribution < 1.29 is 0 Å². The molecule has 0 aliphatic carbocycles. The summed E-state index contributed by atoms with van der Waals surface area (Å²) in [5.41, 5.74) is 2.07. The van der Waals surface area contributed by atoms with Gasteiger partial charge in [0.1, 0.15) is 0 Å². The number of nitrogens with zero attached hydrogens (tertiary/aromatic N) is 1. The van der Waals surface area contributed by atoms with E-state index in [-0.39, 0.29) is 5.56 Å². The average molecular weight is 355 g/mol. The molecule has 22 heavy (non-hydrogen) atoms. The third kappa shape index (κ3) is 2.86. The summed E-state index contributed by atoms with van der Waals surface area (Å²) in [7, 11) is 0. The van der Waals surface area contributed by atoms with Crippen LogP contribution < -0.4 is 5.56 Å². The third-order valence-corrected chi connectivity index (χ3v) is 4.08. The first-order chi connectivity index (χ1) is 10.6. The molecule has 1 aromatic heterocycles. The summed E-state index contributed by atoms with van der Waals surface area (Å²) < 4.78 is 2.68. The van der Waals surface area contributed by atoms with Gasteiger partial charge < -0.3 is 4.57 Å². The Morgan fingerprint density at radius 2 is 1.82 bits per heavy atom. The molecule has 1 heterocycles. The Balaban J connectivity index is 2.36. The van der Waals surface area contributed by atoms with Gasteiger partial charge in [-0.15, -0.1) is 0 Å². The van der Waals surface area contributed by atoms with Crippen molar-refractivity contribution in [2.24, 2.45) is 5.92 Å². The molecule has 3 heteroatoms. The van der Waals surface area contributed by atoms with Gasteiger partial charge >= 0.3 is 0 Å². The average Bonchev–Trinajstić information content (AvgIpc) is 2.50. The number of hydrogen-bond acceptors (Lipinski definition) is 1. The van der Waals surface area contributed by atoms with E-state index < -0.39 is 0 Å².